The SMILES string of the molecule is CCCCOC(=O)[C@H]1O[C@H](c2cccc([N+](=O)[O-])c2)CC(Br)=C1[Si](C)(C)C. The van der Waals surface area contributed by atoms with E-state index in [1.54, 1.807) is 12.1 Å². The van der Waals surface area contributed by atoms with Crippen LogP contribution < -0.4 is 0 Å². The summed E-state index contributed by atoms with van der Waals surface area (Å²) in [4.78, 5) is 23.4. The molecule has 0 saturated heterocycles. The fourth-order valence-electron chi connectivity index (χ4n) is 3.10. The first-order valence-corrected chi connectivity index (χ1v) is 13.4. The molecule has 8 heteroatoms. The first-order chi connectivity index (χ1) is 12.6. The van der Waals surface area contributed by atoms with Crippen molar-refractivity contribution in [3.05, 3.63) is 49.6 Å². The molecule has 0 aliphatic carbocycles. The molecule has 1 heterocycles. The predicted octanol–water partition coefficient (Wildman–Crippen LogP) is 5.29. The number of nitro benzene ring substituents is 1. The summed E-state index contributed by atoms with van der Waals surface area (Å²) in [5, 5.41) is 12.1. The molecule has 0 radical (unpaired) electrons. The number of nitrogens with zero attached hydrogens (tertiary/aromatic N) is 1. The number of hydrogen-bond donors (Lipinski definition) is 0. The maximum atomic E-state index is 12.7. The lowest BCUT2D eigenvalue weighted by atomic mass is 10.0. The van der Waals surface area contributed by atoms with E-state index in [9.17, 15) is 14.9 Å². The third-order valence-electron chi connectivity index (χ3n) is 4.44. The number of hydrogen-bond acceptors (Lipinski definition) is 5. The van der Waals surface area contributed by atoms with E-state index >= 15 is 0 Å². The van der Waals surface area contributed by atoms with Crippen LogP contribution in [0, 0.1) is 10.1 Å². The number of carbonyl (C=O) groups is 1. The van der Waals surface area contributed by atoms with Crippen LogP contribution in [0.3, 0.4) is 0 Å². The van der Waals surface area contributed by atoms with Gasteiger partial charge in [0.25, 0.3) is 5.69 Å². The zero-order valence-corrected chi connectivity index (χ0v) is 18.7. The van der Waals surface area contributed by atoms with E-state index in [0.717, 1.165) is 22.5 Å². The Labute approximate surface area is 169 Å². The summed E-state index contributed by atoms with van der Waals surface area (Å²) in [6.07, 6.45) is 1.07. The van der Waals surface area contributed by atoms with Crippen molar-refractivity contribution >= 4 is 35.7 Å². The van der Waals surface area contributed by atoms with Crippen LogP contribution in [0.2, 0.25) is 19.6 Å². The Bertz CT molecular complexity index is 744. The number of ether oxygens (including phenoxy) is 2. The minimum Gasteiger partial charge on any atom is -0.464 e. The summed E-state index contributed by atoms with van der Waals surface area (Å²) < 4.78 is 12.5. The van der Waals surface area contributed by atoms with Gasteiger partial charge in [0, 0.05) is 18.6 Å². The van der Waals surface area contributed by atoms with Gasteiger partial charge < -0.3 is 9.47 Å². The molecule has 27 heavy (non-hydrogen) atoms. The quantitative estimate of drug-likeness (QED) is 0.183. The molecule has 1 aliphatic rings. The van der Waals surface area contributed by atoms with Crippen LogP contribution >= 0.6 is 15.9 Å². The lowest BCUT2D eigenvalue weighted by Gasteiger charge is -2.36. The van der Waals surface area contributed by atoms with Gasteiger partial charge in [0.1, 0.15) is 0 Å². The molecule has 0 saturated carbocycles. The van der Waals surface area contributed by atoms with Crippen molar-refractivity contribution in [3.63, 3.8) is 0 Å². The fourth-order valence-corrected chi connectivity index (χ4v) is 7.27. The normalized spacial score (nSPS) is 20.5. The number of carbonyl (C=O) groups excluding carboxylic acids is 1. The lowest BCUT2D eigenvalue weighted by molar-refractivity contribution is -0.385. The molecule has 0 aromatic heterocycles. The zero-order valence-electron chi connectivity index (χ0n) is 16.2. The molecule has 0 amide bonds. The molecule has 1 aliphatic heterocycles. The Hall–Kier alpha value is -1.51. The number of unbranched alkanes of at least 4 members (excludes halogenated alkanes) is 1. The first-order valence-electron chi connectivity index (χ1n) is 9.10. The molecule has 1 aromatic carbocycles. The van der Waals surface area contributed by atoms with Gasteiger partial charge in [-0.3, -0.25) is 10.1 Å². The molecule has 0 unspecified atom stereocenters. The largest absolute Gasteiger partial charge is 0.464 e. The number of nitro groups is 1. The second-order valence-electron chi connectivity index (χ2n) is 7.65. The van der Waals surface area contributed by atoms with Gasteiger partial charge in [-0.15, -0.1) is 0 Å². The number of esters is 1. The molecule has 0 bridgehead atoms. The maximum absolute atomic E-state index is 12.7. The summed E-state index contributed by atoms with van der Waals surface area (Å²) >= 11 is 3.66. The number of non-ortho nitro benzene ring substituents is 1. The third-order valence-corrected chi connectivity index (χ3v) is 7.73. The standard InChI is InChI=1S/C19H26BrNO5Si/c1-5-6-10-25-19(22)17-18(27(2,3)4)15(20)12-16(26-17)13-8-7-9-14(11-13)21(23)24/h7-9,11,16-17H,5-6,10,12H2,1-4H3/t16-,17-/m0/s1. The highest BCUT2D eigenvalue weighted by Gasteiger charge is 2.41. The molecule has 2 rings (SSSR count). The highest BCUT2D eigenvalue weighted by atomic mass is 79.9. The average molecular weight is 456 g/mol. The average Bonchev–Trinajstić information content (AvgIpc) is 2.60. The summed E-state index contributed by atoms with van der Waals surface area (Å²) in [5.74, 6) is -0.382. The second-order valence-corrected chi connectivity index (χ2v) is 13.6. The van der Waals surface area contributed by atoms with Crippen LogP contribution in [0.1, 0.15) is 37.9 Å². The van der Waals surface area contributed by atoms with Crippen molar-refractivity contribution in [1.29, 1.82) is 0 Å². The van der Waals surface area contributed by atoms with Crippen molar-refractivity contribution in [1.82, 2.24) is 0 Å². The molecule has 1 aromatic rings. The Morgan fingerprint density at radius 2 is 2.11 bits per heavy atom. The van der Waals surface area contributed by atoms with Gasteiger partial charge in [-0.25, -0.2) is 4.79 Å². The lowest BCUT2D eigenvalue weighted by Crippen LogP contribution is -2.43. The van der Waals surface area contributed by atoms with Crippen LogP contribution in [0.25, 0.3) is 0 Å². The smallest absolute Gasteiger partial charge is 0.339 e. The molecule has 2 atom stereocenters. The maximum Gasteiger partial charge on any atom is 0.339 e. The van der Waals surface area contributed by atoms with E-state index < -0.39 is 25.2 Å². The Balaban J connectivity index is 2.35. The molecule has 6 nitrogen and oxygen atoms in total. The van der Waals surface area contributed by atoms with Crippen LogP contribution in [-0.2, 0) is 14.3 Å². The first kappa shape index (κ1) is 21.8. The molecule has 0 fully saturated rings. The van der Waals surface area contributed by atoms with Gasteiger partial charge in [-0.05, 0) is 21.7 Å². The second kappa shape index (κ2) is 9.12. The number of benzene rings is 1. The van der Waals surface area contributed by atoms with E-state index in [2.05, 4.69) is 35.6 Å². The molecule has 0 N–H and O–H groups in total. The van der Waals surface area contributed by atoms with E-state index in [4.69, 9.17) is 9.47 Å². The van der Waals surface area contributed by atoms with Gasteiger partial charge in [0.2, 0.25) is 0 Å². The summed E-state index contributed by atoms with van der Waals surface area (Å²) in [6, 6.07) is 6.37. The van der Waals surface area contributed by atoms with Crippen molar-refractivity contribution in [2.24, 2.45) is 0 Å². The van der Waals surface area contributed by atoms with Gasteiger partial charge in [-0.2, -0.15) is 0 Å². The molecular weight excluding hydrogens is 430 g/mol. The highest BCUT2D eigenvalue weighted by Crippen LogP contribution is 2.42. The molecule has 148 valence electrons. The van der Waals surface area contributed by atoms with Gasteiger partial charge in [0.15, 0.2) is 6.10 Å². The van der Waals surface area contributed by atoms with Gasteiger partial charge in [-0.1, -0.05) is 61.0 Å². The van der Waals surface area contributed by atoms with Crippen molar-refractivity contribution in [3.8, 4) is 0 Å². The Morgan fingerprint density at radius 3 is 2.70 bits per heavy atom. The van der Waals surface area contributed by atoms with Crippen LogP contribution in [0.15, 0.2) is 33.9 Å². The van der Waals surface area contributed by atoms with Crippen molar-refractivity contribution in [2.45, 2.75) is 58.0 Å². The third kappa shape index (κ3) is 5.49. The van der Waals surface area contributed by atoms with Crippen molar-refractivity contribution in [2.75, 3.05) is 6.61 Å². The Morgan fingerprint density at radius 1 is 1.41 bits per heavy atom. The minimum atomic E-state index is -1.85. The van der Waals surface area contributed by atoms with Crippen LogP contribution in [0.5, 0.6) is 0 Å². The van der Waals surface area contributed by atoms with Crippen molar-refractivity contribution < 1.29 is 19.2 Å². The number of halogens is 1. The predicted molar refractivity (Wildman–Crippen MR) is 110 cm³/mol. The monoisotopic (exact) mass is 455 g/mol. The zero-order chi connectivity index (χ0) is 20.2. The highest BCUT2D eigenvalue weighted by molar-refractivity contribution is 9.11. The number of rotatable bonds is 7. The van der Waals surface area contributed by atoms with Gasteiger partial charge in [0.05, 0.1) is 25.7 Å². The topological polar surface area (TPSA) is 78.7 Å². The Kier molecular flexibility index (Phi) is 7.36. The van der Waals surface area contributed by atoms with E-state index in [1.165, 1.54) is 12.1 Å². The fraction of sp³-hybridized carbons (Fsp3) is 0.526. The van der Waals surface area contributed by atoms with Crippen LogP contribution in [-0.4, -0.2) is 31.7 Å². The van der Waals surface area contributed by atoms with E-state index in [1.807, 2.05) is 6.92 Å². The minimum absolute atomic E-state index is 0.00858. The van der Waals surface area contributed by atoms with Crippen LogP contribution in [0.4, 0.5) is 5.69 Å². The summed E-state index contributed by atoms with van der Waals surface area (Å²) in [5.41, 5.74) is 0.691. The van der Waals surface area contributed by atoms with Gasteiger partial charge >= 0.3 is 5.97 Å². The summed E-state index contributed by atoms with van der Waals surface area (Å²) in [7, 11) is -1.85. The van der Waals surface area contributed by atoms with E-state index in [0.29, 0.717) is 18.6 Å². The molecule has 0 spiro atoms. The summed E-state index contributed by atoms with van der Waals surface area (Å²) in [6.45, 7) is 8.88. The molecular formula is C19H26BrNO5Si. The van der Waals surface area contributed by atoms with E-state index in [-0.39, 0.29) is 11.7 Å².